The number of aromatic nitrogens is 2. The summed E-state index contributed by atoms with van der Waals surface area (Å²) in [4.78, 5) is 25.2. The van der Waals surface area contributed by atoms with E-state index in [0.717, 1.165) is 49.0 Å². The van der Waals surface area contributed by atoms with Crippen LogP contribution in [-0.2, 0) is 13.0 Å². The summed E-state index contributed by atoms with van der Waals surface area (Å²) in [6.07, 6.45) is 3.50. The first-order valence-corrected chi connectivity index (χ1v) is 10.3. The smallest absolute Gasteiger partial charge is 0.258 e. The fourth-order valence-corrected chi connectivity index (χ4v) is 4.60. The predicted molar refractivity (Wildman–Crippen MR) is 114 cm³/mol. The summed E-state index contributed by atoms with van der Waals surface area (Å²) in [7, 11) is 0. The van der Waals surface area contributed by atoms with E-state index in [4.69, 9.17) is 4.98 Å². The van der Waals surface area contributed by atoms with Crippen LogP contribution in [0.4, 0.5) is 11.4 Å². The second-order valence-electron chi connectivity index (χ2n) is 8.02. The van der Waals surface area contributed by atoms with E-state index < -0.39 is 0 Å². The van der Waals surface area contributed by atoms with Gasteiger partial charge in [-0.3, -0.25) is 4.79 Å². The van der Waals surface area contributed by atoms with Gasteiger partial charge in [-0.15, -0.1) is 0 Å². The van der Waals surface area contributed by atoms with E-state index in [1.807, 2.05) is 12.1 Å². The fourth-order valence-electron chi connectivity index (χ4n) is 4.60. The van der Waals surface area contributed by atoms with E-state index in [0.29, 0.717) is 11.9 Å². The van der Waals surface area contributed by atoms with Crippen molar-refractivity contribution < 1.29 is 0 Å². The van der Waals surface area contributed by atoms with Crippen molar-refractivity contribution in [1.29, 1.82) is 0 Å². The number of hydrogen-bond donors (Lipinski definition) is 1. The molecule has 1 unspecified atom stereocenters. The fraction of sp³-hybridized carbons (Fsp3) is 0.391. The van der Waals surface area contributed by atoms with Crippen LogP contribution in [0.5, 0.6) is 0 Å². The summed E-state index contributed by atoms with van der Waals surface area (Å²) >= 11 is 0. The number of H-pyrrole nitrogens is 1. The number of fused-ring (bicyclic) bond motifs is 2. The lowest BCUT2D eigenvalue weighted by atomic mass is 10.1. The lowest BCUT2D eigenvalue weighted by Gasteiger charge is -2.20. The van der Waals surface area contributed by atoms with Crippen molar-refractivity contribution in [3.8, 4) is 0 Å². The first-order valence-electron chi connectivity index (χ1n) is 10.3. The van der Waals surface area contributed by atoms with Gasteiger partial charge in [0.05, 0.1) is 17.4 Å². The lowest BCUT2D eigenvalue weighted by molar-refractivity contribution is 0.569. The second-order valence-corrected chi connectivity index (χ2v) is 8.02. The summed E-state index contributed by atoms with van der Waals surface area (Å²) in [5, 5.41) is 0.683. The quantitative estimate of drug-likeness (QED) is 0.756. The first-order chi connectivity index (χ1) is 13.7. The van der Waals surface area contributed by atoms with Crippen molar-refractivity contribution >= 4 is 22.3 Å². The first kappa shape index (κ1) is 17.3. The minimum absolute atomic E-state index is 0.0411. The number of nitrogens with zero attached hydrogens (tertiary/aromatic N) is 3. The van der Waals surface area contributed by atoms with Crippen molar-refractivity contribution in [3.63, 3.8) is 0 Å². The Morgan fingerprint density at radius 2 is 2.07 bits per heavy atom. The summed E-state index contributed by atoms with van der Waals surface area (Å²) in [6, 6.07) is 14.6. The van der Waals surface area contributed by atoms with Gasteiger partial charge in [0.2, 0.25) is 0 Å². The molecule has 3 aromatic rings. The molecule has 3 heterocycles. The van der Waals surface area contributed by atoms with Crippen molar-refractivity contribution in [2.24, 2.45) is 5.92 Å². The van der Waals surface area contributed by atoms with Gasteiger partial charge in [-0.1, -0.05) is 31.5 Å². The minimum atomic E-state index is -0.0411. The molecule has 1 saturated heterocycles. The lowest BCUT2D eigenvalue weighted by Crippen LogP contribution is -2.24. The number of aromatic amines is 1. The zero-order valence-electron chi connectivity index (χ0n) is 16.3. The van der Waals surface area contributed by atoms with Gasteiger partial charge in [0.25, 0.3) is 5.56 Å². The molecule has 0 amide bonds. The molecule has 2 aliphatic heterocycles. The van der Waals surface area contributed by atoms with Crippen molar-refractivity contribution in [3.05, 3.63) is 64.2 Å². The van der Waals surface area contributed by atoms with Crippen LogP contribution >= 0.6 is 0 Å². The molecule has 0 aliphatic carbocycles. The Morgan fingerprint density at radius 1 is 1.18 bits per heavy atom. The number of nitrogens with one attached hydrogen (secondary N) is 1. The predicted octanol–water partition coefficient (Wildman–Crippen LogP) is 3.72. The third-order valence-corrected chi connectivity index (χ3v) is 6.29. The molecule has 1 aromatic heterocycles. The third kappa shape index (κ3) is 3.05. The Bertz CT molecular complexity index is 1070. The third-order valence-electron chi connectivity index (χ3n) is 6.29. The van der Waals surface area contributed by atoms with E-state index in [-0.39, 0.29) is 5.56 Å². The van der Waals surface area contributed by atoms with Gasteiger partial charge in [-0.25, -0.2) is 4.98 Å². The maximum Gasteiger partial charge on any atom is 0.258 e. The topological polar surface area (TPSA) is 52.2 Å². The number of para-hydroxylation sites is 1. The van der Waals surface area contributed by atoms with Crippen LogP contribution in [-0.4, -0.2) is 29.6 Å². The highest BCUT2D eigenvalue weighted by atomic mass is 16.1. The molecular formula is C23H26N4O. The van der Waals surface area contributed by atoms with E-state index in [9.17, 15) is 4.79 Å². The molecule has 5 heteroatoms. The van der Waals surface area contributed by atoms with Crippen LogP contribution in [0.1, 0.15) is 31.2 Å². The van der Waals surface area contributed by atoms with Crippen molar-refractivity contribution in [2.75, 3.05) is 29.4 Å². The van der Waals surface area contributed by atoms with Crippen molar-refractivity contribution in [2.45, 2.75) is 32.7 Å². The zero-order chi connectivity index (χ0) is 19.1. The number of benzene rings is 2. The van der Waals surface area contributed by atoms with Gasteiger partial charge < -0.3 is 14.8 Å². The molecule has 5 rings (SSSR count). The van der Waals surface area contributed by atoms with Crippen LogP contribution < -0.4 is 15.4 Å². The van der Waals surface area contributed by atoms with Crippen LogP contribution in [0.15, 0.2) is 47.3 Å². The molecular weight excluding hydrogens is 348 g/mol. The van der Waals surface area contributed by atoms with Gasteiger partial charge >= 0.3 is 0 Å². The Labute approximate surface area is 165 Å². The molecule has 1 fully saturated rings. The molecule has 2 aromatic carbocycles. The zero-order valence-corrected chi connectivity index (χ0v) is 16.3. The van der Waals surface area contributed by atoms with Crippen LogP contribution in [0.3, 0.4) is 0 Å². The Kier molecular flexibility index (Phi) is 4.30. The van der Waals surface area contributed by atoms with Gasteiger partial charge in [0, 0.05) is 31.0 Å². The summed E-state index contributed by atoms with van der Waals surface area (Å²) in [5.41, 5.74) is 4.49. The maximum atomic E-state index is 12.8. The number of anilines is 2. The Morgan fingerprint density at radius 3 is 2.93 bits per heavy atom. The monoisotopic (exact) mass is 374 g/mol. The molecule has 0 bridgehead atoms. The van der Waals surface area contributed by atoms with Crippen LogP contribution in [0.25, 0.3) is 10.9 Å². The summed E-state index contributed by atoms with van der Waals surface area (Å²) in [6.45, 7) is 6.01. The van der Waals surface area contributed by atoms with Crippen molar-refractivity contribution in [1.82, 2.24) is 9.97 Å². The summed E-state index contributed by atoms with van der Waals surface area (Å²) in [5.74, 6) is 1.49. The maximum absolute atomic E-state index is 12.8. The van der Waals surface area contributed by atoms with Crippen LogP contribution in [0, 0.1) is 5.92 Å². The standard InChI is InChI=1S/C23H26N4O/c1-2-16-9-11-26(14-16)18-7-8-20-19(13-18)23(28)25-22(24-20)15-27-12-10-17-5-3-4-6-21(17)27/h3-8,13,16H,2,9-12,14-15H2,1H3,(H,24,25,28). The van der Waals surface area contributed by atoms with E-state index in [1.54, 1.807) is 0 Å². The van der Waals surface area contributed by atoms with Gasteiger partial charge in [-0.05, 0) is 48.6 Å². The average molecular weight is 374 g/mol. The molecule has 144 valence electrons. The molecule has 28 heavy (non-hydrogen) atoms. The molecule has 0 spiro atoms. The molecule has 0 saturated carbocycles. The van der Waals surface area contributed by atoms with E-state index in [2.05, 4.69) is 52.0 Å². The van der Waals surface area contributed by atoms with E-state index >= 15 is 0 Å². The highest BCUT2D eigenvalue weighted by molar-refractivity contribution is 5.82. The highest BCUT2D eigenvalue weighted by Gasteiger charge is 2.22. The molecule has 5 nitrogen and oxygen atoms in total. The molecule has 1 N–H and O–H groups in total. The normalized spacial score (nSPS) is 18.8. The average Bonchev–Trinajstić information content (AvgIpc) is 3.35. The second kappa shape index (κ2) is 6.97. The Balaban J connectivity index is 1.42. The number of hydrogen-bond acceptors (Lipinski definition) is 4. The van der Waals surface area contributed by atoms with Gasteiger partial charge in [0.1, 0.15) is 5.82 Å². The Hall–Kier alpha value is -2.82. The largest absolute Gasteiger partial charge is 0.371 e. The number of rotatable bonds is 4. The van der Waals surface area contributed by atoms with Crippen LogP contribution in [0.2, 0.25) is 0 Å². The SMILES string of the molecule is CCC1CCN(c2ccc3nc(CN4CCc5ccccc54)[nH]c(=O)c3c2)C1. The highest BCUT2D eigenvalue weighted by Crippen LogP contribution is 2.29. The molecule has 0 radical (unpaired) electrons. The molecule has 2 aliphatic rings. The van der Waals surface area contributed by atoms with Gasteiger partial charge in [0.15, 0.2) is 0 Å². The minimum Gasteiger partial charge on any atom is -0.371 e. The molecule has 1 atom stereocenters. The van der Waals surface area contributed by atoms with E-state index in [1.165, 1.54) is 24.1 Å². The van der Waals surface area contributed by atoms with Gasteiger partial charge in [-0.2, -0.15) is 0 Å². The summed E-state index contributed by atoms with van der Waals surface area (Å²) < 4.78 is 0.